The van der Waals surface area contributed by atoms with E-state index < -0.39 is 0 Å². The van der Waals surface area contributed by atoms with Crippen LogP contribution in [0.3, 0.4) is 0 Å². The molecule has 1 aliphatic rings. The lowest BCUT2D eigenvalue weighted by molar-refractivity contribution is 0.0600. The van der Waals surface area contributed by atoms with Crippen LogP contribution >= 0.6 is 11.8 Å². The van der Waals surface area contributed by atoms with Crippen LogP contribution < -0.4 is 5.32 Å². The largest absolute Gasteiger partial charge is 0.465 e. The van der Waals surface area contributed by atoms with Crippen molar-refractivity contribution in [3.8, 4) is 0 Å². The van der Waals surface area contributed by atoms with Crippen LogP contribution in [0.5, 0.6) is 0 Å². The summed E-state index contributed by atoms with van der Waals surface area (Å²) in [6, 6.07) is 7.61. The van der Waals surface area contributed by atoms with E-state index in [1.807, 2.05) is 36.0 Å². The van der Waals surface area contributed by atoms with Crippen molar-refractivity contribution < 1.29 is 9.53 Å². The van der Waals surface area contributed by atoms with E-state index in [1.54, 1.807) is 0 Å². The van der Waals surface area contributed by atoms with Crippen molar-refractivity contribution in [1.29, 1.82) is 0 Å². The third-order valence-corrected chi connectivity index (χ3v) is 3.87. The molecule has 1 heterocycles. The SMILES string of the molecule is COC(=O)c1ccc(C2NCCCS2)cc1. The van der Waals surface area contributed by atoms with Gasteiger partial charge in [-0.25, -0.2) is 4.79 Å². The van der Waals surface area contributed by atoms with Crippen LogP contribution in [0.15, 0.2) is 24.3 Å². The number of hydrogen-bond donors (Lipinski definition) is 1. The first-order valence-electron chi connectivity index (χ1n) is 5.34. The quantitative estimate of drug-likeness (QED) is 0.800. The Morgan fingerprint density at radius 3 is 2.75 bits per heavy atom. The second-order valence-corrected chi connectivity index (χ2v) is 4.89. The maximum atomic E-state index is 11.3. The second-order valence-electron chi connectivity index (χ2n) is 3.67. The molecule has 1 N–H and O–H groups in total. The van der Waals surface area contributed by atoms with Crippen molar-refractivity contribution in [2.75, 3.05) is 19.4 Å². The van der Waals surface area contributed by atoms with E-state index in [0.717, 1.165) is 6.54 Å². The Kier molecular flexibility index (Phi) is 3.85. The van der Waals surface area contributed by atoms with Crippen molar-refractivity contribution in [3.05, 3.63) is 35.4 Å². The van der Waals surface area contributed by atoms with Gasteiger partial charge in [0.15, 0.2) is 0 Å². The van der Waals surface area contributed by atoms with Gasteiger partial charge in [0.05, 0.1) is 18.0 Å². The van der Waals surface area contributed by atoms with Gasteiger partial charge in [0.1, 0.15) is 0 Å². The van der Waals surface area contributed by atoms with E-state index >= 15 is 0 Å². The summed E-state index contributed by atoms with van der Waals surface area (Å²) in [6.07, 6.45) is 1.22. The molecular weight excluding hydrogens is 222 g/mol. The summed E-state index contributed by atoms with van der Waals surface area (Å²) in [6.45, 7) is 1.07. The summed E-state index contributed by atoms with van der Waals surface area (Å²) in [5.74, 6) is 0.909. The van der Waals surface area contributed by atoms with Crippen molar-refractivity contribution in [1.82, 2.24) is 5.32 Å². The van der Waals surface area contributed by atoms with Crippen LogP contribution in [0.25, 0.3) is 0 Å². The molecule has 16 heavy (non-hydrogen) atoms. The monoisotopic (exact) mass is 237 g/mol. The molecule has 0 amide bonds. The number of thioether (sulfide) groups is 1. The van der Waals surface area contributed by atoms with Crippen LogP contribution in [0.2, 0.25) is 0 Å². The van der Waals surface area contributed by atoms with Gasteiger partial charge < -0.3 is 10.1 Å². The molecule has 3 nitrogen and oxygen atoms in total. The first-order chi connectivity index (χ1) is 7.81. The summed E-state index contributed by atoms with van der Waals surface area (Å²) in [5.41, 5.74) is 1.82. The van der Waals surface area contributed by atoms with Crippen LogP contribution in [0, 0.1) is 0 Å². The summed E-state index contributed by atoms with van der Waals surface area (Å²) in [7, 11) is 1.40. The Bertz CT molecular complexity index is 358. The zero-order chi connectivity index (χ0) is 11.4. The van der Waals surface area contributed by atoms with Gasteiger partial charge in [-0.05, 0) is 36.4 Å². The average Bonchev–Trinajstić information content (AvgIpc) is 2.39. The molecular formula is C12H15NO2S. The van der Waals surface area contributed by atoms with Gasteiger partial charge in [0.2, 0.25) is 0 Å². The molecule has 1 atom stereocenters. The first-order valence-corrected chi connectivity index (χ1v) is 6.39. The second kappa shape index (κ2) is 5.37. The number of carbonyl (C=O) groups excluding carboxylic acids is 1. The van der Waals surface area contributed by atoms with Crippen molar-refractivity contribution in [2.24, 2.45) is 0 Å². The molecule has 0 aromatic heterocycles. The van der Waals surface area contributed by atoms with Crippen LogP contribution in [-0.4, -0.2) is 25.4 Å². The van der Waals surface area contributed by atoms with Crippen molar-refractivity contribution in [2.45, 2.75) is 11.8 Å². The zero-order valence-corrected chi connectivity index (χ0v) is 10.0. The van der Waals surface area contributed by atoms with Gasteiger partial charge in [-0.2, -0.15) is 0 Å². The molecule has 0 saturated carbocycles. The predicted octanol–water partition coefficient (Wildman–Crippen LogP) is 2.20. The molecule has 1 fully saturated rings. The lowest BCUT2D eigenvalue weighted by Gasteiger charge is -2.23. The summed E-state index contributed by atoms with van der Waals surface area (Å²) >= 11 is 1.91. The van der Waals surface area contributed by atoms with Gasteiger partial charge in [-0.15, -0.1) is 11.8 Å². The van der Waals surface area contributed by atoms with Gasteiger partial charge in [-0.1, -0.05) is 12.1 Å². The normalized spacial score (nSPS) is 20.4. The van der Waals surface area contributed by atoms with Crippen LogP contribution in [-0.2, 0) is 4.74 Å². The molecule has 1 saturated heterocycles. The Morgan fingerprint density at radius 2 is 2.19 bits per heavy atom. The lowest BCUT2D eigenvalue weighted by atomic mass is 10.1. The maximum Gasteiger partial charge on any atom is 0.337 e. The van der Waals surface area contributed by atoms with E-state index in [0.29, 0.717) is 10.9 Å². The zero-order valence-electron chi connectivity index (χ0n) is 9.23. The smallest absolute Gasteiger partial charge is 0.337 e. The van der Waals surface area contributed by atoms with Gasteiger partial charge in [0, 0.05) is 0 Å². The Labute approximate surface area is 99.6 Å². The van der Waals surface area contributed by atoms with Crippen LogP contribution in [0.1, 0.15) is 27.7 Å². The highest BCUT2D eigenvalue weighted by Crippen LogP contribution is 2.29. The summed E-state index contributed by atoms with van der Waals surface area (Å²) in [5, 5.41) is 3.81. The average molecular weight is 237 g/mol. The number of hydrogen-bond acceptors (Lipinski definition) is 4. The first kappa shape index (κ1) is 11.5. The molecule has 0 radical (unpaired) electrons. The minimum atomic E-state index is -0.282. The van der Waals surface area contributed by atoms with E-state index in [4.69, 9.17) is 0 Å². The van der Waals surface area contributed by atoms with Gasteiger partial charge in [-0.3, -0.25) is 0 Å². The molecule has 2 rings (SSSR count). The number of rotatable bonds is 2. The number of nitrogens with one attached hydrogen (secondary N) is 1. The van der Waals surface area contributed by atoms with E-state index in [1.165, 1.54) is 24.8 Å². The van der Waals surface area contributed by atoms with Gasteiger partial charge >= 0.3 is 5.97 Å². The Hall–Kier alpha value is -1.00. The lowest BCUT2D eigenvalue weighted by Crippen LogP contribution is -2.25. The van der Waals surface area contributed by atoms with E-state index in [-0.39, 0.29) is 5.97 Å². The fourth-order valence-corrected chi connectivity index (χ4v) is 2.82. The molecule has 0 aliphatic carbocycles. The molecule has 1 aromatic carbocycles. The maximum absolute atomic E-state index is 11.3. The minimum Gasteiger partial charge on any atom is -0.465 e. The number of methoxy groups -OCH3 is 1. The fraction of sp³-hybridized carbons (Fsp3) is 0.417. The van der Waals surface area contributed by atoms with Crippen molar-refractivity contribution in [3.63, 3.8) is 0 Å². The number of esters is 1. The Morgan fingerprint density at radius 1 is 1.44 bits per heavy atom. The molecule has 1 aliphatic heterocycles. The van der Waals surface area contributed by atoms with Crippen molar-refractivity contribution >= 4 is 17.7 Å². The highest BCUT2D eigenvalue weighted by Gasteiger charge is 2.15. The highest BCUT2D eigenvalue weighted by atomic mass is 32.2. The third-order valence-electron chi connectivity index (χ3n) is 2.57. The molecule has 0 bridgehead atoms. The fourth-order valence-electron chi connectivity index (χ4n) is 1.69. The predicted molar refractivity (Wildman–Crippen MR) is 65.6 cm³/mol. The van der Waals surface area contributed by atoms with Gasteiger partial charge in [0.25, 0.3) is 0 Å². The number of carbonyl (C=O) groups is 1. The summed E-state index contributed by atoms with van der Waals surface area (Å²) < 4.78 is 4.66. The number of benzene rings is 1. The summed E-state index contributed by atoms with van der Waals surface area (Å²) in [4.78, 5) is 11.3. The highest BCUT2D eigenvalue weighted by molar-refractivity contribution is 7.99. The molecule has 0 spiro atoms. The van der Waals surface area contributed by atoms with E-state index in [2.05, 4.69) is 10.1 Å². The molecule has 86 valence electrons. The molecule has 1 unspecified atom stereocenters. The minimum absolute atomic E-state index is 0.282. The topological polar surface area (TPSA) is 38.3 Å². The number of ether oxygens (including phenoxy) is 1. The Balaban J connectivity index is 2.09. The third kappa shape index (κ3) is 2.57. The molecule has 1 aromatic rings. The van der Waals surface area contributed by atoms with E-state index in [9.17, 15) is 4.79 Å². The molecule has 4 heteroatoms. The van der Waals surface area contributed by atoms with Crippen LogP contribution in [0.4, 0.5) is 0 Å². The standard InChI is InChI=1S/C12H15NO2S/c1-15-12(14)10-5-3-9(4-6-10)11-13-7-2-8-16-11/h3-6,11,13H,2,7-8H2,1H3.